The van der Waals surface area contributed by atoms with Gasteiger partial charge in [-0.15, -0.1) is 11.3 Å². The Morgan fingerprint density at radius 3 is 3.10 bits per heavy atom. The fraction of sp³-hybridized carbons (Fsp3) is 0.733. The smallest absolute Gasteiger partial charge is 0.0900 e. The molecule has 2 rings (SSSR count). The van der Waals surface area contributed by atoms with Gasteiger partial charge in [0, 0.05) is 24.5 Å². The molecule has 0 bridgehead atoms. The van der Waals surface area contributed by atoms with Crippen LogP contribution in [0.1, 0.15) is 11.3 Å². The van der Waals surface area contributed by atoms with Crippen molar-refractivity contribution < 1.29 is 9.84 Å². The van der Waals surface area contributed by atoms with E-state index in [-0.39, 0.29) is 6.10 Å². The van der Waals surface area contributed by atoms with E-state index in [1.807, 2.05) is 11.4 Å². The van der Waals surface area contributed by atoms with Gasteiger partial charge in [0.05, 0.1) is 19.3 Å². The predicted octanol–water partition coefficient (Wildman–Crippen LogP) is 1.51. The summed E-state index contributed by atoms with van der Waals surface area (Å²) >= 11 is 1.69. The molecule has 1 fully saturated rings. The molecule has 1 aromatic heterocycles. The van der Waals surface area contributed by atoms with Crippen LogP contribution < -0.4 is 0 Å². The molecule has 0 radical (unpaired) electrons. The topological polar surface area (TPSA) is 35.9 Å². The zero-order valence-electron chi connectivity index (χ0n) is 12.5. The van der Waals surface area contributed by atoms with Gasteiger partial charge >= 0.3 is 0 Å². The lowest BCUT2D eigenvalue weighted by Gasteiger charge is -2.21. The van der Waals surface area contributed by atoms with Gasteiger partial charge in [-0.1, -0.05) is 6.07 Å². The molecule has 0 spiro atoms. The zero-order valence-corrected chi connectivity index (χ0v) is 13.3. The molecule has 20 heavy (non-hydrogen) atoms. The van der Waals surface area contributed by atoms with Crippen molar-refractivity contribution in [3.63, 3.8) is 0 Å². The van der Waals surface area contributed by atoms with Gasteiger partial charge < -0.3 is 19.6 Å². The molecule has 1 aliphatic rings. The number of ether oxygens (including phenoxy) is 1. The van der Waals surface area contributed by atoms with Gasteiger partial charge in [-0.3, -0.25) is 0 Å². The van der Waals surface area contributed by atoms with Crippen LogP contribution in [0, 0.1) is 5.92 Å². The summed E-state index contributed by atoms with van der Waals surface area (Å²) in [4.78, 5) is 5.81. The van der Waals surface area contributed by atoms with Gasteiger partial charge in [-0.05, 0) is 44.4 Å². The third-order valence-electron chi connectivity index (χ3n) is 3.60. The second kappa shape index (κ2) is 8.10. The molecule has 0 aromatic carbocycles. The highest BCUT2D eigenvalue weighted by Gasteiger charge is 2.24. The highest BCUT2D eigenvalue weighted by molar-refractivity contribution is 7.09. The van der Waals surface area contributed by atoms with Gasteiger partial charge in [0.2, 0.25) is 0 Å². The predicted molar refractivity (Wildman–Crippen MR) is 83.1 cm³/mol. The molecule has 114 valence electrons. The molecule has 2 atom stereocenters. The monoisotopic (exact) mass is 298 g/mol. The van der Waals surface area contributed by atoms with Crippen molar-refractivity contribution in [3.8, 4) is 0 Å². The van der Waals surface area contributed by atoms with Crippen LogP contribution in [0.15, 0.2) is 17.5 Å². The zero-order chi connectivity index (χ0) is 14.4. The summed E-state index contributed by atoms with van der Waals surface area (Å²) in [5.74, 6) is 0.740. The number of nitrogens with zero attached hydrogens (tertiary/aromatic N) is 2. The van der Waals surface area contributed by atoms with Crippen LogP contribution >= 0.6 is 11.3 Å². The molecular weight excluding hydrogens is 272 g/mol. The summed E-state index contributed by atoms with van der Waals surface area (Å²) in [7, 11) is 4.24. The minimum absolute atomic E-state index is 0.381. The molecule has 2 heterocycles. The van der Waals surface area contributed by atoms with Crippen molar-refractivity contribution in [1.82, 2.24) is 9.80 Å². The second-order valence-electron chi connectivity index (χ2n) is 5.92. The van der Waals surface area contributed by atoms with Crippen molar-refractivity contribution in [2.45, 2.75) is 19.1 Å². The largest absolute Gasteiger partial charge is 0.389 e. The van der Waals surface area contributed by atoms with Crippen LogP contribution in [0.25, 0.3) is 0 Å². The lowest BCUT2D eigenvalue weighted by atomic mass is 10.1. The van der Waals surface area contributed by atoms with Crippen molar-refractivity contribution in [2.75, 3.05) is 46.9 Å². The molecule has 0 aliphatic carbocycles. The van der Waals surface area contributed by atoms with Crippen LogP contribution in [0.2, 0.25) is 0 Å². The Hall–Kier alpha value is -0.460. The maximum atomic E-state index is 10.0. The molecule has 2 unspecified atom stereocenters. The Labute approximate surface area is 126 Å². The third-order valence-corrected chi connectivity index (χ3v) is 4.45. The van der Waals surface area contributed by atoms with Crippen molar-refractivity contribution in [1.29, 1.82) is 0 Å². The van der Waals surface area contributed by atoms with Gasteiger partial charge in [-0.2, -0.15) is 0 Å². The molecule has 5 heteroatoms. The van der Waals surface area contributed by atoms with E-state index in [1.54, 1.807) is 11.3 Å². The number of hydrogen-bond donors (Lipinski definition) is 1. The number of hydrogen-bond acceptors (Lipinski definition) is 5. The van der Waals surface area contributed by atoms with E-state index >= 15 is 0 Å². The first kappa shape index (κ1) is 15.9. The van der Waals surface area contributed by atoms with E-state index in [2.05, 4.69) is 30.0 Å². The van der Waals surface area contributed by atoms with E-state index in [0.717, 1.165) is 32.1 Å². The number of thiophene rings is 1. The number of β-amino-alcohol motifs (C(OH)–C–C–N with tert-alkyl or cyclic N) is 1. The summed E-state index contributed by atoms with van der Waals surface area (Å²) in [5, 5.41) is 12.1. The Bertz CT molecular complexity index is 370. The molecule has 1 saturated heterocycles. The Morgan fingerprint density at radius 2 is 2.40 bits per heavy atom. The Kier molecular flexibility index (Phi) is 6.45. The quantitative estimate of drug-likeness (QED) is 0.789. The van der Waals surface area contributed by atoms with Gasteiger partial charge in [0.15, 0.2) is 0 Å². The highest BCUT2D eigenvalue weighted by atomic mass is 32.1. The number of aliphatic hydroxyl groups excluding tert-OH is 1. The summed E-state index contributed by atoms with van der Waals surface area (Å²) in [5.41, 5.74) is 0. The highest BCUT2D eigenvalue weighted by Crippen LogP contribution is 2.17. The summed E-state index contributed by atoms with van der Waals surface area (Å²) < 4.78 is 5.57. The molecule has 1 N–H and O–H groups in total. The average Bonchev–Trinajstić information content (AvgIpc) is 3.00. The van der Waals surface area contributed by atoms with E-state index in [1.165, 1.54) is 11.3 Å². The SMILES string of the molecule is CN(C)CC1CCN(CC(O)COCc2cccs2)C1. The first-order valence-corrected chi connectivity index (χ1v) is 8.16. The Morgan fingerprint density at radius 1 is 1.55 bits per heavy atom. The molecule has 1 aromatic rings. The van der Waals surface area contributed by atoms with Crippen LogP contribution in [-0.2, 0) is 11.3 Å². The molecule has 0 amide bonds. The van der Waals surface area contributed by atoms with Crippen molar-refractivity contribution in [2.24, 2.45) is 5.92 Å². The normalized spacial score (nSPS) is 21.7. The van der Waals surface area contributed by atoms with Gasteiger partial charge in [0.25, 0.3) is 0 Å². The Balaban J connectivity index is 1.59. The first-order valence-electron chi connectivity index (χ1n) is 7.28. The van der Waals surface area contributed by atoms with Gasteiger partial charge in [-0.25, -0.2) is 0 Å². The van der Waals surface area contributed by atoms with E-state index in [4.69, 9.17) is 4.74 Å². The minimum atomic E-state index is -0.381. The fourth-order valence-corrected chi connectivity index (χ4v) is 3.43. The lowest BCUT2D eigenvalue weighted by molar-refractivity contribution is 0.0136. The van der Waals surface area contributed by atoms with Crippen LogP contribution in [0.5, 0.6) is 0 Å². The van der Waals surface area contributed by atoms with Crippen molar-refractivity contribution >= 4 is 11.3 Å². The van der Waals surface area contributed by atoms with E-state index in [9.17, 15) is 5.11 Å². The van der Waals surface area contributed by atoms with Crippen LogP contribution in [0.3, 0.4) is 0 Å². The minimum Gasteiger partial charge on any atom is -0.389 e. The van der Waals surface area contributed by atoms with Crippen molar-refractivity contribution in [3.05, 3.63) is 22.4 Å². The van der Waals surface area contributed by atoms with E-state index < -0.39 is 0 Å². The lowest BCUT2D eigenvalue weighted by Crippen LogP contribution is -2.34. The second-order valence-corrected chi connectivity index (χ2v) is 6.96. The summed E-state index contributed by atoms with van der Waals surface area (Å²) in [6.07, 6.45) is 0.856. The van der Waals surface area contributed by atoms with Gasteiger partial charge in [0.1, 0.15) is 0 Å². The van der Waals surface area contributed by atoms with E-state index in [0.29, 0.717) is 13.2 Å². The summed E-state index contributed by atoms with van der Waals surface area (Å²) in [6.45, 7) is 5.10. The summed E-state index contributed by atoms with van der Waals surface area (Å²) in [6, 6.07) is 4.08. The molecular formula is C15H26N2O2S. The van der Waals surface area contributed by atoms with Crippen LogP contribution in [-0.4, -0.2) is 67.9 Å². The first-order chi connectivity index (χ1) is 9.63. The average molecular weight is 298 g/mol. The fourth-order valence-electron chi connectivity index (χ4n) is 2.79. The number of rotatable bonds is 8. The maximum Gasteiger partial charge on any atom is 0.0900 e. The van der Waals surface area contributed by atoms with Crippen LogP contribution in [0.4, 0.5) is 0 Å². The number of likely N-dealkylation sites (tertiary alicyclic amines) is 1. The standard InChI is InChI=1S/C15H26N2O2S/c1-16(2)8-13-5-6-17(9-13)10-14(18)11-19-12-15-4-3-7-20-15/h3-4,7,13-14,18H,5-6,8-12H2,1-2H3. The molecule has 0 saturated carbocycles. The number of aliphatic hydroxyl groups is 1. The maximum absolute atomic E-state index is 10.0. The third kappa shape index (κ3) is 5.50. The molecule has 1 aliphatic heterocycles. The molecule has 4 nitrogen and oxygen atoms in total.